The minimum absolute atomic E-state index is 0.0690. The molecular formula is C25H28N4O. The highest BCUT2D eigenvalue weighted by molar-refractivity contribution is 5.99. The number of rotatable bonds is 5. The maximum Gasteiger partial charge on any atom is 0.251 e. The molecule has 2 aromatic heterocycles. The third-order valence-electron chi connectivity index (χ3n) is 6.17. The minimum atomic E-state index is -0.104. The van der Waals surface area contributed by atoms with E-state index >= 15 is 0 Å². The summed E-state index contributed by atoms with van der Waals surface area (Å²) in [7, 11) is 1.91. The number of aromatic nitrogens is 3. The van der Waals surface area contributed by atoms with E-state index in [-0.39, 0.29) is 11.9 Å². The highest BCUT2D eigenvalue weighted by Crippen LogP contribution is 2.27. The van der Waals surface area contributed by atoms with E-state index in [0.717, 1.165) is 28.7 Å². The smallest absolute Gasteiger partial charge is 0.251 e. The van der Waals surface area contributed by atoms with Crippen molar-refractivity contribution in [3.05, 3.63) is 88.4 Å². The van der Waals surface area contributed by atoms with Crippen LogP contribution in [0.15, 0.2) is 54.7 Å². The van der Waals surface area contributed by atoms with Gasteiger partial charge in [0, 0.05) is 47.0 Å². The Morgan fingerprint density at radius 1 is 1.07 bits per heavy atom. The summed E-state index contributed by atoms with van der Waals surface area (Å²) in [6.07, 6.45) is 1.82. The molecule has 1 N–H and O–H groups in total. The summed E-state index contributed by atoms with van der Waals surface area (Å²) in [5, 5.41) is 8.52. The number of aryl methyl sites for hydroxylation is 2. The minimum Gasteiger partial charge on any atom is -0.345 e. The third kappa shape index (κ3) is 3.52. The number of carbonyl (C=O) groups excluding carboxylic acids is 1. The Bertz CT molecular complexity index is 1220. The number of hydrogen-bond donors (Lipinski definition) is 1. The van der Waals surface area contributed by atoms with Crippen molar-refractivity contribution in [1.82, 2.24) is 19.7 Å². The largest absolute Gasteiger partial charge is 0.345 e. The molecule has 4 rings (SSSR count). The van der Waals surface area contributed by atoms with E-state index in [1.54, 1.807) is 0 Å². The molecule has 0 aliphatic rings. The van der Waals surface area contributed by atoms with E-state index in [1.807, 2.05) is 50.0 Å². The second-order valence-electron chi connectivity index (χ2n) is 8.02. The van der Waals surface area contributed by atoms with Crippen LogP contribution in [0.25, 0.3) is 10.9 Å². The summed E-state index contributed by atoms with van der Waals surface area (Å²) in [6, 6.07) is 16.3. The summed E-state index contributed by atoms with van der Waals surface area (Å²) >= 11 is 0. The van der Waals surface area contributed by atoms with Crippen LogP contribution in [0.5, 0.6) is 0 Å². The van der Waals surface area contributed by atoms with Crippen molar-refractivity contribution in [2.75, 3.05) is 0 Å². The number of benzene rings is 2. The first kappa shape index (κ1) is 20.0. The number of hydrogen-bond acceptors (Lipinski definition) is 2. The van der Waals surface area contributed by atoms with Gasteiger partial charge in [-0.2, -0.15) is 5.10 Å². The SMILES string of the molecule is Cc1c(C)n(Cc2ccccc2)c2ccc(C(=O)NC(C)c3cnn(C)c3C)cc12. The fourth-order valence-electron chi connectivity index (χ4n) is 4.06. The van der Waals surface area contributed by atoms with Crippen molar-refractivity contribution in [1.29, 1.82) is 0 Å². The van der Waals surface area contributed by atoms with Crippen molar-refractivity contribution in [3.8, 4) is 0 Å². The number of nitrogens with one attached hydrogen (secondary N) is 1. The molecular weight excluding hydrogens is 372 g/mol. The Morgan fingerprint density at radius 3 is 2.47 bits per heavy atom. The predicted molar refractivity (Wildman–Crippen MR) is 121 cm³/mol. The summed E-state index contributed by atoms with van der Waals surface area (Å²) < 4.78 is 4.15. The van der Waals surface area contributed by atoms with Crippen LogP contribution in [0.2, 0.25) is 0 Å². The molecule has 5 heteroatoms. The maximum atomic E-state index is 12.9. The van der Waals surface area contributed by atoms with Crippen molar-refractivity contribution in [2.24, 2.45) is 7.05 Å². The normalized spacial score (nSPS) is 12.3. The molecule has 1 atom stereocenters. The molecule has 0 radical (unpaired) electrons. The molecule has 2 aromatic carbocycles. The Hall–Kier alpha value is -3.34. The molecule has 2 heterocycles. The topological polar surface area (TPSA) is 51.9 Å². The van der Waals surface area contributed by atoms with Gasteiger partial charge < -0.3 is 9.88 Å². The molecule has 0 aliphatic heterocycles. The van der Waals surface area contributed by atoms with Crippen molar-refractivity contribution >= 4 is 16.8 Å². The van der Waals surface area contributed by atoms with Crippen molar-refractivity contribution in [3.63, 3.8) is 0 Å². The number of fused-ring (bicyclic) bond motifs is 1. The zero-order chi connectivity index (χ0) is 21.4. The third-order valence-corrected chi connectivity index (χ3v) is 6.17. The molecule has 154 valence electrons. The van der Waals surface area contributed by atoms with Crippen LogP contribution in [0.1, 0.15) is 51.4 Å². The van der Waals surface area contributed by atoms with Gasteiger partial charge >= 0.3 is 0 Å². The maximum absolute atomic E-state index is 12.9. The zero-order valence-corrected chi connectivity index (χ0v) is 18.2. The van der Waals surface area contributed by atoms with Gasteiger partial charge in [-0.25, -0.2) is 0 Å². The molecule has 0 bridgehead atoms. The van der Waals surface area contributed by atoms with E-state index < -0.39 is 0 Å². The van der Waals surface area contributed by atoms with Gasteiger partial charge in [-0.1, -0.05) is 30.3 Å². The van der Waals surface area contributed by atoms with Crippen LogP contribution < -0.4 is 5.32 Å². The summed E-state index contributed by atoms with van der Waals surface area (Å²) in [5.74, 6) is -0.0690. The number of amides is 1. The molecule has 30 heavy (non-hydrogen) atoms. The van der Waals surface area contributed by atoms with E-state index in [9.17, 15) is 4.79 Å². The molecule has 1 amide bonds. The van der Waals surface area contributed by atoms with Gasteiger partial charge in [0.15, 0.2) is 0 Å². The average Bonchev–Trinajstić information content (AvgIpc) is 3.20. The molecule has 0 spiro atoms. The van der Waals surface area contributed by atoms with Crippen LogP contribution in [-0.4, -0.2) is 20.3 Å². The van der Waals surface area contributed by atoms with E-state index in [0.29, 0.717) is 5.56 Å². The van der Waals surface area contributed by atoms with Gasteiger partial charge in [-0.3, -0.25) is 9.48 Å². The van der Waals surface area contributed by atoms with Gasteiger partial charge in [0.1, 0.15) is 0 Å². The molecule has 0 fully saturated rings. The quantitative estimate of drug-likeness (QED) is 0.521. The standard InChI is InChI=1S/C25H28N4O/c1-16-18(3)29(15-20-9-7-6-8-10-20)24-12-11-21(13-22(16)24)25(30)27-17(2)23-14-26-28(5)19(23)4/h6-14,17H,15H2,1-5H3,(H,27,30). The highest BCUT2D eigenvalue weighted by Gasteiger charge is 2.18. The molecule has 0 saturated heterocycles. The van der Waals surface area contributed by atoms with E-state index in [4.69, 9.17) is 0 Å². The fraction of sp³-hybridized carbons (Fsp3) is 0.280. The lowest BCUT2D eigenvalue weighted by atomic mass is 10.1. The van der Waals surface area contributed by atoms with Crippen LogP contribution >= 0.6 is 0 Å². The second kappa shape index (κ2) is 7.82. The Morgan fingerprint density at radius 2 is 1.80 bits per heavy atom. The Kier molecular flexibility index (Phi) is 5.20. The van der Waals surface area contributed by atoms with Crippen LogP contribution in [-0.2, 0) is 13.6 Å². The Labute approximate surface area is 177 Å². The first-order chi connectivity index (χ1) is 14.4. The van der Waals surface area contributed by atoms with Crippen molar-refractivity contribution < 1.29 is 4.79 Å². The number of carbonyl (C=O) groups is 1. The number of nitrogens with zero attached hydrogens (tertiary/aromatic N) is 3. The lowest BCUT2D eigenvalue weighted by Crippen LogP contribution is -2.26. The lowest BCUT2D eigenvalue weighted by molar-refractivity contribution is 0.0940. The molecule has 4 aromatic rings. The first-order valence-corrected chi connectivity index (χ1v) is 10.3. The average molecular weight is 401 g/mol. The van der Waals surface area contributed by atoms with Crippen LogP contribution in [0.4, 0.5) is 0 Å². The van der Waals surface area contributed by atoms with Crippen LogP contribution in [0.3, 0.4) is 0 Å². The molecule has 0 aliphatic carbocycles. The van der Waals surface area contributed by atoms with Gasteiger partial charge in [0.25, 0.3) is 5.91 Å². The Balaban J connectivity index is 1.62. The van der Waals surface area contributed by atoms with Crippen molar-refractivity contribution in [2.45, 2.75) is 40.3 Å². The van der Waals surface area contributed by atoms with E-state index in [2.05, 4.69) is 59.2 Å². The second-order valence-corrected chi connectivity index (χ2v) is 8.02. The first-order valence-electron chi connectivity index (χ1n) is 10.3. The lowest BCUT2D eigenvalue weighted by Gasteiger charge is -2.14. The monoisotopic (exact) mass is 400 g/mol. The summed E-state index contributed by atoms with van der Waals surface area (Å²) in [6.45, 7) is 9.10. The molecule has 1 unspecified atom stereocenters. The zero-order valence-electron chi connectivity index (χ0n) is 18.2. The van der Waals surface area contributed by atoms with Gasteiger partial charge in [-0.15, -0.1) is 0 Å². The highest BCUT2D eigenvalue weighted by atomic mass is 16.1. The van der Waals surface area contributed by atoms with Gasteiger partial charge in [0.05, 0.1) is 12.2 Å². The van der Waals surface area contributed by atoms with E-state index in [1.165, 1.54) is 16.8 Å². The van der Waals surface area contributed by atoms with Gasteiger partial charge in [-0.05, 0) is 57.0 Å². The summed E-state index contributed by atoms with van der Waals surface area (Å²) in [4.78, 5) is 12.9. The predicted octanol–water partition coefficient (Wildman–Crippen LogP) is 4.84. The van der Waals surface area contributed by atoms with Crippen LogP contribution in [0, 0.1) is 20.8 Å². The summed E-state index contributed by atoms with van der Waals surface area (Å²) in [5.41, 5.74) is 7.63. The van der Waals surface area contributed by atoms with Gasteiger partial charge in [0.2, 0.25) is 0 Å². The molecule has 5 nitrogen and oxygen atoms in total. The fourth-order valence-corrected chi connectivity index (χ4v) is 4.06. The molecule has 0 saturated carbocycles.